The minimum Gasteiger partial charge on any atom is -0.363 e. The van der Waals surface area contributed by atoms with Gasteiger partial charge >= 0.3 is 0 Å². The van der Waals surface area contributed by atoms with Crippen LogP contribution in [-0.4, -0.2) is 21.0 Å². The van der Waals surface area contributed by atoms with Gasteiger partial charge < -0.3 is 10.1 Å². The van der Waals surface area contributed by atoms with Crippen LogP contribution in [-0.2, 0) is 5.72 Å². The maximum Gasteiger partial charge on any atom is 0.261 e. The number of hydrogen-bond donors (Lipinski definition) is 2. The lowest BCUT2D eigenvalue weighted by Gasteiger charge is -2.34. The van der Waals surface area contributed by atoms with Crippen LogP contribution in [0.1, 0.15) is 21.5 Å². The first-order valence-electron chi connectivity index (χ1n) is 8.37. The lowest BCUT2D eigenvalue weighted by Crippen LogP contribution is -2.45. The number of imidazole rings is 1. The second kappa shape index (κ2) is 5.49. The van der Waals surface area contributed by atoms with Crippen LogP contribution >= 0.6 is 0 Å². The Morgan fingerprint density at radius 3 is 2.67 bits per heavy atom. The van der Waals surface area contributed by atoms with E-state index in [9.17, 15) is 14.3 Å². The average molecular weight is 358 g/mol. The second-order valence-electron chi connectivity index (χ2n) is 6.42. The number of carbonyl (C=O) groups excluding carboxylic acids is 1. The molecule has 6 heteroatoms. The van der Waals surface area contributed by atoms with E-state index >= 15 is 0 Å². The fourth-order valence-corrected chi connectivity index (χ4v) is 3.64. The summed E-state index contributed by atoms with van der Waals surface area (Å²) in [5, 5.41) is 11.8. The molecule has 0 aliphatic carbocycles. The number of aromatic nitrogens is 2. The van der Waals surface area contributed by atoms with Gasteiger partial charge in [-0.05, 0) is 42.5 Å². The number of carbonyl (C=O) groups is 1. The number of aromatic amines is 1. The smallest absolute Gasteiger partial charge is 0.261 e. The quantitative estimate of drug-likeness (QED) is 0.577. The molecule has 2 heterocycles. The summed E-state index contributed by atoms with van der Waals surface area (Å²) in [5.74, 6) is -0.770. The number of benzene rings is 3. The van der Waals surface area contributed by atoms with Gasteiger partial charge in [0.15, 0.2) is 12.1 Å². The molecule has 3 aromatic carbocycles. The molecule has 0 bridgehead atoms. The summed E-state index contributed by atoms with van der Waals surface area (Å²) in [4.78, 5) is 21.4. The predicted octanol–water partition coefficient (Wildman–Crippen LogP) is 3.36. The molecule has 0 spiro atoms. The summed E-state index contributed by atoms with van der Waals surface area (Å²) in [6.07, 6.45) is 2.67. The SMILES string of the molecule is O=C1c2ccccc2C(O)(c2ccc3[nH][c]nc3c2)N1c1ccc(F)cc1. The Balaban J connectivity index is 1.78. The van der Waals surface area contributed by atoms with Crippen molar-refractivity contribution in [3.63, 3.8) is 0 Å². The zero-order valence-electron chi connectivity index (χ0n) is 14.0. The molecule has 5 nitrogen and oxygen atoms in total. The van der Waals surface area contributed by atoms with Gasteiger partial charge in [0.1, 0.15) is 5.82 Å². The third-order valence-electron chi connectivity index (χ3n) is 4.91. The molecule has 1 aromatic heterocycles. The van der Waals surface area contributed by atoms with E-state index in [1.54, 1.807) is 42.5 Å². The van der Waals surface area contributed by atoms with Crippen LogP contribution in [0.15, 0.2) is 66.7 Å². The van der Waals surface area contributed by atoms with Gasteiger partial charge in [-0.3, -0.25) is 9.69 Å². The highest BCUT2D eigenvalue weighted by Crippen LogP contribution is 2.45. The van der Waals surface area contributed by atoms with Crippen molar-refractivity contribution < 1.29 is 14.3 Å². The first-order chi connectivity index (χ1) is 13.1. The summed E-state index contributed by atoms with van der Waals surface area (Å²) in [6, 6.07) is 17.6. The van der Waals surface area contributed by atoms with Crippen molar-refractivity contribution >= 4 is 22.6 Å². The summed E-state index contributed by atoms with van der Waals surface area (Å²) in [5.41, 5.74) is 1.41. The number of aliphatic hydroxyl groups is 1. The Bertz CT molecular complexity index is 1190. The molecular formula is C21H13FN3O2. The number of halogens is 1. The molecular weight excluding hydrogens is 345 g/mol. The van der Waals surface area contributed by atoms with E-state index in [0.29, 0.717) is 27.9 Å². The van der Waals surface area contributed by atoms with E-state index in [-0.39, 0.29) is 5.91 Å². The third-order valence-corrected chi connectivity index (χ3v) is 4.91. The summed E-state index contributed by atoms with van der Waals surface area (Å²) in [7, 11) is 0. The molecule has 1 amide bonds. The normalized spacial score (nSPS) is 18.9. The Morgan fingerprint density at radius 2 is 1.85 bits per heavy atom. The number of hydrogen-bond acceptors (Lipinski definition) is 3. The Labute approximate surface area is 153 Å². The van der Waals surface area contributed by atoms with Crippen LogP contribution in [0.5, 0.6) is 0 Å². The number of fused-ring (bicyclic) bond motifs is 2. The fraction of sp³-hybridized carbons (Fsp3) is 0.0476. The van der Waals surface area contributed by atoms with Gasteiger partial charge in [0.2, 0.25) is 0 Å². The summed E-state index contributed by atoms with van der Waals surface area (Å²) in [6.45, 7) is 0. The topological polar surface area (TPSA) is 69.2 Å². The summed E-state index contributed by atoms with van der Waals surface area (Å²) < 4.78 is 13.4. The van der Waals surface area contributed by atoms with E-state index < -0.39 is 11.5 Å². The van der Waals surface area contributed by atoms with Gasteiger partial charge in [0.25, 0.3) is 5.91 Å². The van der Waals surface area contributed by atoms with Gasteiger partial charge in [0, 0.05) is 22.4 Å². The standard InChI is InChI=1S/C21H13FN3O2/c22-14-6-8-15(9-7-14)25-20(26)16-3-1-2-4-17(16)21(25,27)13-5-10-18-19(11-13)24-12-23-18/h1-11,27H,(H,23,24). The highest BCUT2D eigenvalue weighted by Gasteiger charge is 2.50. The molecule has 5 rings (SSSR count). The minimum atomic E-state index is -1.74. The van der Waals surface area contributed by atoms with Crippen molar-refractivity contribution in [3.05, 3.63) is 95.6 Å². The van der Waals surface area contributed by atoms with E-state index in [1.807, 2.05) is 0 Å². The van der Waals surface area contributed by atoms with E-state index in [2.05, 4.69) is 16.3 Å². The average Bonchev–Trinajstić information content (AvgIpc) is 3.25. The Morgan fingerprint density at radius 1 is 1.07 bits per heavy atom. The van der Waals surface area contributed by atoms with Crippen LogP contribution in [0, 0.1) is 12.1 Å². The number of H-pyrrole nitrogens is 1. The van der Waals surface area contributed by atoms with Gasteiger partial charge in [-0.15, -0.1) is 0 Å². The van der Waals surface area contributed by atoms with Gasteiger partial charge in [-0.2, -0.15) is 0 Å². The molecule has 2 N–H and O–H groups in total. The monoisotopic (exact) mass is 358 g/mol. The molecule has 0 saturated carbocycles. The van der Waals surface area contributed by atoms with Crippen molar-refractivity contribution in [2.45, 2.75) is 5.72 Å². The maximum absolute atomic E-state index is 13.4. The molecule has 0 fully saturated rings. The van der Waals surface area contributed by atoms with E-state index in [4.69, 9.17) is 0 Å². The number of amides is 1. The number of rotatable bonds is 2. The molecule has 131 valence electrons. The highest BCUT2D eigenvalue weighted by molar-refractivity contribution is 6.12. The Hall–Kier alpha value is -3.51. The number of nitrogens with one attached hydrogen (secondary N) is 1. The largest absolute Gasteiger partial charge is 0.363 e. The molecule has 4 aromatic rings. The van der Waals surface area contributed by atoms with Crippen molar-refractivity contribution in [2.75, 3.05) is 4.90 Å². The zero-order valence-corrected chi connectivity index (χ0v) is 14.0. The van der Waals surface area contributed by atoms with Crippen LogP contribution in [0.2, 0.25) is 0 Å². The van der Waals surface area contributed by atoms with Gasteiger partial charge in [-0.25, -0.2) is 9.37 Å². The van der Waals surface area contributed by atoms with Crippen molar-refractivity contribution in [1.82, 2.24) is 9.97 Å². The first-order valence-corrected chi connectivity index (χ1v) is 8.37. The predicted molar refractivity (Wildman–Crippen MR) is 97.6 cm³/mol. The van der Waals surface area contributed by atoms with Crippen LogP contribution in [0.4, 0.5) is 10.1 Å². The number of anilines is 1. The van der Waals surface area contributed by atoms with E-state index in [0.717, 1.165) is 5.52 Å². The second-order valence-corrected chi connectivity index (χ2v) is 6.42. The fourth-order valence-electron chi connectivity index (χ4n) is 3.64. The van der Waals surface area contributed by atoms with Crippen LogP contribution in [0.3, 0.4) is 0 Å². The maximum atomic E-state index is 13.4. The van der Waals surface area contributed by atoms with Gasteiger partial charge in [0.05, 0.1) is 11.0 Å². The lowest BCUT2D eigenvalue weighted by molar-refractivity contribution is 0.0704. The van der Waals surface area contributed by atoms with E-state index in [1.165, 1.54) is 29.2 Å². The molecule has 1 aliphatic rings. The number of nitrogens with zero attached hydrogens (tertiary/aromatic N) is 2. The minimum absolute atomic E-state index is 0.353. The highest BCUT2D eigenvalue weighted by atomic mass is 19.1. The Kier molecular flexibility index (Phi) is 3.20. The molecule has 1 atom stereocenters. The third kappa shape index (κ3) is 2.14. The zero-order chi connectivity index (χ0) is 18.6. The molecule has 1 unspecified atom stereocenters. The van der Waals surface area contributed by atoms with Crippen LogP contribution in [0.25, 0.3) is 11.0 Å². The van der Waals surface area contributed by atoms with Crippen molar-refractivity contribution in [1.29, 1.82) is 0 Å². The lowest BCUT2D eigenvalue weighted by atomic mass is 9.93. The van der Waals surface area contributed by atoms with Crippen LogP contribution < -0.4 is 4.90 Å². The molecule has 1 radical (unpaired) electrons. The first kappa shape index (κ1) is 15.7. The molecule has 1 aliphatic heterocycles. The molecule has 27 heavy (non-hydrogen) atoms. The molecule has 0 saturated heterocycles. The summed E-state index contributed by atoms with van der Waals surface area (Å²) >= 11 is 0. The van der Waals surface area contributed by atoms with Gasteiger partial charge in [-0.1, -0.05) is 24.3 Å². The van der Waals surface area contributed by atoms with Crippen molar-refractivity contribution in [2.24, 2.45) is 0 Å². The van der Waals surface area contributed by atoms with Crippen molar-refractivity contribution in [3.8, 4) is 0 Å².